The molecule has 1 saturated heterocycles. The molecular formula is C11H20FN. The molecule has 0 amide bonds. The molecule has 0 bridgehead atoms. The van der Waals surface area contributed by atoms with Gasteiger partial charge in [-0.05, 0) is 30.6 Å². The minimum Gasteiger partial charge on any atom is -0.310 e. The Morgan fingerprint density at radius 2 is 1.85 bits per heavy atom. The maximum atomic E-state index is 14.0. The second-order valence-electron chi connectivity index (χ2n) is 5.10. The number of alkyl halides is 1. The van der Waals surface area contributed by atoms with E-state index in [2.05, 4.69) is 19.2 Å². The molecule has 3 atom stereocenters. The zero-order chi connectivity index (χ0) is 9.47. The molecule has 1 heterocycles. The molecule has 0 radical (unpaired) electrons. The molecule has 3 unspecified atom stereocenters. The molecular weight excluding hydrogens is 165 g/mol. The van der Waals surface area contributed by atoms with Crippen LogP contribution in [0.25, 0.3) is 0 Å². The van der Waals surface area contributed by atoms with Crippen molar-refractivity contribution in [2.75, 3.05) is 13.1 Å². The maximum Gasteiger partial charge on any atom is 0.138 e. The van der Waals surface area contributed by atoms with Gasteiger partial charge in [0.05, 0.1) is 0 Å². The average molecular weight is 185 g/mol. The summed E-state index contributed by atoms with van der Waals surface area (Å²) in [5, 5.41) is 3.05. The summed E-state index contributed by atoms with van der Waals surface area (Å²) in [5.41, 5.74) is -0.853. The quantitative estimate of drug-likeness (QED) is 0.661. The largest absolute Gasteiger partial charge is 0.310 e. The topological polar surface area (TPSA) is 12.0 Å². The number of hydrogen-bond donors (Lipinski definition) is 1. The van der Waals surface area contributed by atoms with Gasteiger partial charge in [0.2, 0.25) is 0 Å². The molecule has 2 aliphatic rings. The third kappa shape index (κ3) is 1.61. The van der Waals surface area contributed by atoms with Crippen LogP contribution in [-0.4, -0.2) is 18.8 Å². The van der Waals surface area contributed by atoms with Gasteiger partial charge < -0.3 is 5.32 Å². The van der Waals surface area contributed by atoms with Gasteiger partial charge in [0.1, 0.15) is 5.67 Å². The van der Waals surface area contributed by atoms with Gasteiger partial charge in [-0.1, -0.05) is 20.3 Å². The van der Waals surface area contributed by atoms with Crippen LogP contribution in [0.5, 0.6) is 0 Å². The minimum atomic E-state index is -0.853. The summed E-state index contributed by atoms with van der Waals surface area (Å²) in [6, 6.07) is 0. The number of halogens is 1. The van der Waals surface area contributed by atoms with Gasteiger partial charge in [-0.2, -0.15) is 0 Å². The van der Waals surface area contributed by atoms with E-state index in [1.807, 2.05) is 0 Å². The lowest BCUT2D eigenvalue weighted by molar-refractivity contribution is -0.0122. The monoisotopic (exact) mass is 185 g/mol. The molecule has 0 aromatic rings. The first kappa shape index (κ1) is 9.45. The molecule has 0 aromatic carbocycles. The highest BCUT2D eigenvalue weighted by Gasteiger charge is 2.46. The molecule has 1 N–H and O–H groups in total. The molecule has 1 nitrogen and oxygen atoms in total. The Morgan fingerprint density at radius 3 is 2.31 bits per heavy atom. The van der Waals surface area contributed by atoms with Crippen LogP contribution in [0.4, 0.5) is 4.39 Å². The van der Waals surface area contributed by atoms with Crippen molar-refractivity contribution in [1.29, 1.82) is 0 Å². The van der Waals surface area contributed by atoms with E-state index in [0.717, 1.165) is 18.8 Å². The Labute approximate surface area is 80.1 Å². The zero-order valence-corrected chi connectivity index (χ0v) is 8.65. The van der Waals surface area contributed by atoms with Crippen molar-refractivity contribution in [2.24, 2.45) is 17.8 Å². The lowest BCUT2D eigenvalue weighted by Gasteiger charge is -2.45. The lowest BCUT2D eigenvalue weighted by atomic mass is 9.68. The normalized spacial score (nSPS) is 44.1. The van der Waals surface area contributed by atoms with Crippen LogP contribution in [0.1, 0.15) is 33.1 Å². The van der Waals surface area contributed by atoms with E-state index in [1.165, 1.54) is 6.42 Å². The van der Waals surface area contributed by atoms with Crippen LogP contribution >= 0.6 is 0 Å². The molecule has 13 heavy (non-hydrogen) atoms. The third-order valence-corrected chi connectivity index (χ3v) is 4.17. The number of rotatable bonds is 1. The van der Waals surface area contributed by atoms with Crippen LogP contribution in [0.15, 0.2) is 0 Å². The molecule has 2 heteroatoms. The molecule has 0 spiro atoms. The van der Waals surface area contributed by atoms with E-state index in [0.29, 0.717) is 24.9 Å². The maximum absolute atomic E-state index is 14.0. The Morgan fingerprint density at radius 1 is 1.15 bits per heavy atom. The molecule has 1 aliphatic heterocycles. The van der Waals surface area contributed by atoms with Gasteiger partial charge in [-0.15, -0.1) is 0 Å². The average Bonchev–Trinajstić information content (AvgIpc) is 2.06. The number of nitrogens with one attached hydrogen (secondary N) is 1. The van der Waals surface area contributed by atoms with Gasteiger partial charge in [0.15, 0.2) is 0 Å². The Balaban J connectivity index is 1.94. The highest BCUT2D eigenvalue weighted by Crippen LogP contribution is 2.42. The smallest absolute Gasteiger partial charge is 0.138 e. The van der Waals surface area contributed by atoms with Crippen molar-refractivity contribution in [2.45, 2.75) is 38.8 Å². The van der Waals surface area contributed by atoms with Crippen LogP contribution < -0.4 is 5.32 Å². The van der Waals surface area contributed by atoms with Crippen LogP contribution in [-0.2, 0) is 0 Å². The van der Waals surface area contributed by atoms with Crippen molar-refractivity contribution in [1.82, 2.24) is 5.32 Å². The van der Waals surface area contributed by atoms with Crippen molar-refractivity contribution in [3.63, 3.8) is 0 Å². The van der Waals surface area contributed by atoms with E-state index >= 15 is 0 Å². The highest BCUT2D eigenvalue weighted by atomic mass is 19.1. The van der Waals surface area contributed by atoms with E-state index in [4.69, 9.17) is 0 Å². The standard InChI is InChI=1S/C11H20FN/c1-8-3-4-10(5-9(8)2)11(12)6-13-7-11/h8-10,13H,3-7H2,1-2H3. The molecule has 2 fully saturated rings. The summed E-state index contributed by atoms with van der Waals surface area (Å²) in [4.78, 5) is 0. The second kappa shape index (κ2) is 3.23. The molecule has 2 rings (SSSR count). The SMILES string of the molecule is CC1CCC(C2(F)CNC2)CC1C. The van der Waals surface area contributed by atoms with Gasteiger partial charge in [-0.3, -0.25) is 0 Å². The Hall–Kier alpha value is -0.110. The first-order valence-corrected chi connectivity index (χ1v) is 5.51. The summed E-state index contributed by atoms with van der Waals surface area (Å²) in [5.74, 6) is 1.85. The van der Waals surface area contributed by atoms with E-state index in [1.54, 1.807) is 0 Å². The number of hydrogen-bond acceptors (Lipinski definition) is 1. The summed E-state index contributed by atoms with van der Waals surface area (Å²) in [6.07, 6.45) is 3.42. The van der Waals surface area contributed by atoms with Crippen molar-refractivity contribution < 1.29 is 4.39 Å². The predicted molar refractivity (Wildman–Crippen MR) is 52.4 cm³/mol. The molecule has 76 valence electrons. The molecule has 0 aromatic heterocycles. The van der Waals surface area contributed by atoms with Gasteiger partial charge in [0, 0.05) is 13.1 Å². The minimum absolute atomic E-state index is 0.333. The summed E-state index contributed by atoms with van der Waals surface area (Å²) >= 11 is 0. The van der Waals surface area contributed by atoms with Crippen LogP contribution in [0.2, 0.25) is 0 Å². The summed E-state index contributed by atoms with van der Waals surface area (Å²) in [6.45, 7) is 5.76. The van der Waals surface area contributed by atoms with E-state index < -0.39 is 5.67 Å². The second-order valence-corrected chi connectivity index (χ2v) is 5.10. The summed E-state index contributed by atoms with van der Waals surface area (Å²) in [7, 11) is 0. The fraction of sp³-hybridized carbons (Fsp3) is 1.00. The zero-order valence-electron chi connectivity index (χ0n) is 8.65. The summed E-state index contributed by atoms with van der Waals surface area (Å²) < 4.78 is 14.0. The lowest BCUT2D eigenvalue weighted by Crippen LogP contribution is -2.61. The van der Waals surface area contributed by atoms with E-state index in [9.17, 15) is 4.39 Å². The van der Waals surface area contributed by atoms with Gasteiger partial charge in [0.25, 0.3) is 0 Å². The third-order valence-electron chi connectivity index (χ3n) is 4.17. The van der Waals surface area contributed by atoms with Crippen molar-refractivity contribution in [3.05, 3.63) is 0 Å². The Bertz CT molecular complexity index is 189. The van der Waals surface area contributed by atoms with Crippen LogP contribution in [0, 0.1) is 17.8 Å². The fourth-order valence-corrected chi connectivity index (χ4v) is 2.67. The highest BCUT2D eigenvalue weighted by molar-refractivity contribution is 5.00. The first-order valence-electron chi connectivity index (χ1n) is 5.51. The molecule has 1 saturated carbocycles. The van der Waals surface area contributed by atoms with Crippen molar-refractivity contribution in [3.8, 4) is 0 Å². The predicted octanol–water partition coefficient (Wildman–Crippen LogP) is 2.37. The molecule has 1 aliphatic carbocycles. The van der Waals surface area contributed by atoms with Crippen molar-refractivity contribution >= 4 is 0 Å². The van der Waals surface area contributed by atoms with Crippen LogP contribution in [0.3, 0.4) is 0 Å². The fourth-order valence-electron chi connectivity index (χ4n) is 2.67. The van der Waals surface area contributed by atoms with E-state index in [-0.39, 0.29) is 0 Å². The van der Waals surface area contributed by atoms with Gasteiger partial charge in [-0.25, -0.2) is 4.39 Å². The Kier molecular flexibility index (Phi) is 2.35. The van der Waals surface area contributed by atoms with Gasteiger partial charge >= 0.3 is 0 Å². The first-order chi connectivity index (χ1) is 6.12.